The third kappa shape index (κ3) is 5.50. The molecule has 116 valence electrons. The molecule has 0 aliphatic carbocycles. The van der Waals surface area contributed by atoms with Crippen molar-refractivity contribution >= 4 is 6.08 Å². The minimum atomic E-state index is 0.218. The zero-order valence-corrected chi connectivity index (χ0v) is 13.1. The van der Waals surface area contributed by atoms with Gasteiger partial charge < -0.3 is 10.0 Å². The van der Waals surface area contributed by atoms with Gasteiger partial charge in [0.05, 0.1) is 0 Å². The Morgan fingerprint density at radius 3 is 2.57 bits per heavy atom. The second-order valence-corrected chi connectivity index (χ2v) is 5.98. The average molecular weight is 288 g/mol. The van der Waals surface area contributed by atoms with Gasteiger partial charge in [0.1, 0.15) is 11.4 Å². The standard InChI is InChI=1S/C18H28N2O/c1-2-17-18(21)12-11-16(19-17)10-6-5-9-15-20-13-7-3-4-8-14-20/h2,11-12,21H,1,3-10,13-15H2. The molecule has 0 atom stereocenters. The molecule has 1 N–H and O–H groups in total. The molecule has 0 aromatic carbocycles. The first-order valence-corrected chi connectivity index (χ1v) is 8.33. The second-order valence-electron chi connectivity index (χ2n) is 5.98. The number of pyridine rings is 1. The quantitative estimate of drug-likeness (QED) is 0.770. The van der Waals surface area contributed by atoms with E-state index in [0.717, 1.165) is 12.1 Å². The predicted molar refractivity (Wildman–Crippen MR) is 88.5 cm³/mol. The van der Waals surface area contributed by atoms with Crippen LogP contribution in [0, 0.1) is 0 Å². The van der Waals surface area contributed by atoms with Gasteiger partial charge in [0.15, 0.2) is 0 Å². The van der Waals surface area contributed by atoms with E-state index in [1.54, 1.807) is 12.1 Å². The molecule has 0 saturated carbocycles. The molecular weight excluding hydrogens is 260 g/mol. The van der Waals surface area contributed by atoms with Gasteiger partial charge in [-0.2, -0.15) is 0 Å². The van der Waals surface area contributed by atoms with Crippen molar-refractivity contribution in [2.24, 2.45) is 0 Å². The molecule has 2 rings (SSSR count). The van der Waals surface area contributed by atoms with Gasteiger partial charge in [-0.25, -0.2) is 4.98 Å². The Morgan fingerprint density at radius 1 is 1.10 bits per heavy atom. The summed E-state index contributed by atoms with van der Waals surface area (Å²) in [6, 6.07) is 3.63. The monoisotopic (exact) mass is 288 g/mol. The Morgan fingerprint density at radius 2 is 1.86 bits per heavy atom. The fourth-order valence-corrected chi connectivity index (χ4v) is 2.98. The summed E-state index contributed by atoms with van der Waals surface area (Å²) in [5.41, 5.74) is 1.65. The van der Waals surface area contributed by atoms with Crippen molar-refractivity contribution in [2.45, 2.75) is 51.4 Å². The van der Waals surface area contributed by atoms with Crippen molar-refractivity contribution in [3.05, 3.63) is 30.1 Å². The van der Waals surface area contributed by atoms with Crippen LogP contribution in [-0.4, -0.2) is 34.6 Å². The molecule has 1 aromatic heterocycles. The van der Waals surface area contributed by atoms with Crippen LogP contribution in [0.2, 0.25) is 0 Å². The Kier molecular flexibility index (Phi) is 6.74. The molecule has 0 unspecified atom stereocenters. The van der Waals surface area contributed by atoms with Crippen LogP contribution >= 0.6 is 0 Å². The van der Waals surface area contributed by atoms with Crippen LogP contribution in [0.5, 0.6) is 5.75 Å². The highest BCUT2D eigenvalue weighted by Crippen LogP contribution is 2.17. The van der Waals surface area contributed by atoms with Crippen molar-refractivity contribution in [3.63, 3.8) is 0 Å². The fourth-order valence-electron chi connectivity index (χ4n) is 2.98. The number of hydrogen-bond donors (Lipinski definition) is 1. The number of aromatic nitrogens is 1. The number of aromatic hydroxyl groups is 1. The van der Waals surface area contributed by atoms with Gasteiger partial charge in [-0.3, -0.25) is 0 Å². The summed E-state index contributed by atoms with van der Waals surface area (Å²) in [7, 11) is 0. The number of nitrogens with zero attached hydrogens (tertiary/aromatic N) is 2. The summed E-state index contributed by atoms with van der Waals surface area (Å²) in [6.07, 6.45) is 11.9. The van der Waals surface area contributed by atoms with E-state index >= 15 is 0 Å². The lowest BCUT2D eigenvalue weighted by Gasteiger charge is -2.19. The molecule has 0 amide bonds. The van der Waals surface area contributed by atoms with E-state index in [2.05, 4.69) is 16.5 Å². The maximum absolute atomic E-state index is 9.57. The van der Waals surface area contributed by atoms with Crippen molar-refractivity contribution in [3.8, 4) is 5.75 Å². The number of hydrogen-bond acceptors (Lipinski definition) is 3. The van der Waals surface area contributed by atoms with Crippen LogP contribution in [0.1, 0.15) is 56.3 Å². The number of rotatable bonds is 7. The Balaban J connectivity index is 1.64. The third-order valence-corrected chi connectivity index (χ3v) is 4.26. The molecule has 1 aliphatic heterocycles. The van der Waals surface area contributed by atoms with Crippen LogP contribution in [0.4, 0.5) is 0 Å². The normalized spacial score (nSPS) is 16.6. The summed E-state index contributed by atoms with van der Waals surface area (Å²) >= 11 is 0. The van der Waals surface area contributed by atoms with Gasteiger partial charge >= 0.3 is 0 Å². The summed E-state index contributed by atoms with van der Waals surface area (Å²) in [5.74, 6) is 0.218. The lowest BCUT2D eigenvalue weighted by molar-refractivity contribution is 0.278. The first-order valence-electron chi connectivity index (χ1n) is 8.33. The molecule has 2 heterocycles. The SMILES string of the molecule is C=Cc1nc(CCCCCN2CCCCCC2)ccc1O. The molecule has 1 saturated heterocycles. The predicted octanol–water partition coefficient (Wildman–Crippen LogP) is 4.02. The molecule has 1 aliphatic rings. The third-order valence-electron chi connectivity index (χ3n) is 4.26. The highest BCUT2D eigenvalue weighted by molar-refractivity contribution is 5.50. The second kappa shape index (κ2) is 8.83. The highest BCUT2D eigenvalue weighted by atomic mass is 16.3. The first kappa shape index (κ1) is 16.0. The number of unbranched alkanes of at least 4 members (excludes halogenated alkanes) is 2. The van der Waals surface area contributed by atoms with Gasteiger partial charge in [-0.15, -0.1) is 0 Å². The van der Waals surface area contributed by atoms with Crippen LogP contribution in [0.15, 0.2) is 18.7 Å². The van der Waals surface area contributed by atoms with Crippen LogP contribution in [0.25, 0.3) is 6.08 Å². The Labute approximate surface area is 128 Å². The maximum atomic E-state index is 9.57. The van der Waals surface area contributed by atoms with Crippen molar-refractivity contribution in [2.75, 3.05) is 19.6 Å². The minimum absolute atomic E-state index is 0.218. The lowest BCUT2D eigenvalue weighted by atomic mass is 10.1. The van der Waals surface area contributed by atoms with E-state index in [9.17, 15) is 5.11 Å². The lowest BCUT2D eigenvalue weighted by Crippen LogP contribution is -2.25. The van der Waals surface area contributed by atoms with Gasteiger partial charge in [-0.05, 0) is 69.9 Å². The van der Waals surface area contributed by atoms with Crippen molar-refractivity contribution in [1.29, 1.82) is 0 Å². The summed E-state index contributed by atoms with van der Waals surface area (Å²) in [4.78, 5) is 7.04. The molecule has 0 radical (unpaired) electrons. The zero-order valence-electron chi connectivity index (χ0n) is 13.1. The largest absolute Gasteiger partial charge is 0.506 e. The summed E-state index contributed by atoms with van der Waals surface area (Å²) < 4.78 is 0. The molecule has 21 heavy (non-hydrogen) atoms. The van der Waals surface area contributed by atoms with E-state index in [1.807, 2.05) is 6.07 Å². The molecule has 1 aromatic rings. The van der Waals surface area contributed by atoms with E-state index < -0.39 is 0 Å². The fraction of sp³-hybridized carbons (Fsp3) is 0.611. The van der Waals surface area contributed by atoms with E-state index in [1.165, 1.54) is 64.6 Å². The molecule has 3 heteroatoms. The van der Waals surface area contributed by atoms with Crippen LogP contribution in [-0.2, 0) is 6.42 Å². The van der Waals surface area contributed by atoms with Gasteiger partial charge in [-0.1, -0.05) is 25.8 Å². The molecule has 1 fully saturated rings. The van der Waals surface area contributed by atoms with E-state index in [4.69, 9.17) is 0 Å². The highest BCUT2D eigenvalue weighted by Gasteiger charge is 2.08. The molecule has 0 spiro atoms. The Hall–Kier alpha value is -1.35. The Bertz CT molecular complexity index is 437. The zero-order chi connectivity index (χ0) is 14.9. The molecule has 0 bridgehead atoms. The van der Waals surface area contributed by atoms with Crippen molar-refractivity contribution < 1.29 is 5.11 Å². The van der Waals surface area contributed by atoms with Crippen molar-refractivity contribution in [1.82, 2.24) is 9.88 Å². The van der Waals surface area contributed by atoms with E-state index in [0.29, 0.717) is 5.69 Å². The maximum Gasteiger partial charge on any atom is 0.141 e. The molecular formula is C18H28N2O. The van der Waals surface area contributed by atoms with Crippen LogP contribution < -0.4 is 0 Å². The first-order chi connectivity index (χ1) is 10.3. The minimum Gasteiger partial charge on any atom is -0.506 e. The average Bonchev–Trinajstić information content (AvgIpc) is 2.77. The number of likely N-dealkylation sites (tertiary alicyclic amines) is 1. The summed E-state index contributed by atoms with van der Waals surface area (Å²) in [5, 5.41) is 9.57. The summed E-state index contributed by atoms with van der Waals surface area (Å²) in [6.45, 7) is 7.51. The molecule has 3 nitrogen and oxygen atoms in total. The number of aryl methyl sites for hydroxylation is 1. The van der Waals surface area contributed by atoms with E-state index in [-0.39, 0.29) is 5.75 Å². The van der Waals surface area contributed by atoms with Gasteiger partial charge in [0, 0.05) is 5.69 Å². The smallest absolute Gasteiger partial charge is 0.141 e. The van der Waals surface area contributed by atoms with Gasteiger partial charge in [0.25, 0.3) is 0 Å². The van der Waals surface area contributed by atoms with Gasteiger partial charge in [0.2, 0.25) is 0 Å². The van der Waals surface area contributed by atoms with Crippen LogP contribution in [0.3, 0.4) is 0 Å². The topological polar surface area (TPSA) is 36.4 Å².